The van der Waals surface area contributed by atoms with Gasteiger partial charge in [-0.3, -0.25) is 5.10 Å². The largest absolute Gasteiger partial charge is 0.347 e. The summed E-state index contributed by atoms with van der Waals surface area (Å²) in [5.74, 6) is 1.57. The molecule has 0 bridgehead atoms. The molecule has 0 radical (unpaired) electrons. The normalized spacial score (nSPS) is 10.8. The smallest absolute Gasteiger partial charge is 0.224 e. The van der Waals surface area contributed by atoms with Crippen LogP contribution in [0.3, 0.4) is 0 Å². The van der Waals surface area contributed by atoms with Gasteiger partial charge in [0.25, 0.3) is 0 Å². The molecule has 3 aromatic rings. The van der Waals surface area contributed by atoms with Gasteiger partial charge in [0.15, 0.2) is 0 Å². The fraction of sp³-hybridized carbons (Fsp3) is 0.286. The summed E-state index contributed by atoms with van der Waals surface area (Å²) in [7, 11) is 3.84. The number of hydrogen-bond acceptors (Lipinski definition) is 5. The molecule has 0 atom stereocenters. The molecule has 0 aromatic carbocycles. The summed E-state index contributed by atoms with van der Waals surface area (Å²) in [5, 5.41) is 6.78. The lowest BCUT2D eigenvalue weighted by Gasteiger charge is -2.10. The third-order valence-electron chi connectivity index (χ3n) is 3.21. The first-order valence-electron chi connectivity index (χ1n) is 6.72. The quantitative estimate of drug-likeness (QED) is 0.765. The molecule has 3 heterocycles. The molecular formula is C14H17N7. The molecule has 21 heavy (non-hydrogen) atoms. The molecule has 108 valence electrons. The van der Waals surface area contributed by atoms with E-state index in [1.165, 1.54) is 5.56 Å². The SMILES string of the molecule is CN(C)c1ncc(-c2nccn2CCc2cn[nH]c2)cn1. The van der Waals surface area contributed by atoms with Crippen LogP contribution < -0.4 is 4.90 Å². The molecular weight excluding hydrogens is 266 g/mol. The molecule has 3 aromatic heterocycles. The molecule has 7 heteroatoms. The fourth-order valence-electron chi connectivity index (χ4n) is 2.08. The number of imidazole rings is 1. The lowest BCUT2D eigenvalue weighted by Crippen LogP contribution is -2.12. The van der Waals surface area contributed by atoms with Gasteiger partial charge in [-0.25, -0.2) is 15.0 Å². The molecule has 0 fully saturated rings. The van der Waals surface area contributed by atoms with E-state index in [-0.39, 0.29) is 0 Å². The second-order valence-corrected chi connectivity index (χ2v) is 4.97. The number of aromatic amines is 1. The van der Waals surface area contributed by atoms with Crippen LogP contribution in [-0.2, 0) is 13.0 Å². The van der Waals surface area contributed by atoms with Crippen LogP contribution in [0.4, 0.5) is 5.95 Å². The number of aryl methyl sites for hydroxylation is 2. The van der Waals surface area contributed by atoms with Crippen molar-refractivity contribution in [3.63, 3.8) is 0 Å². The van der Waals surface area contributed by atoms with Gasteiger partial charge < -0.3 is 9.47 Å². The van der Waals surface area contributed by atoms with Crippen molar-refractivity contribution in [2.24, 2.45) is 0 Å². The lowest BCUT2D eigenvalue weighted by molar-refractivity contribution is 0.703. The Hall–Kier alpha value is -2.70. The van der Waals surface area contributed by atoms with Crippen LogP contribution in [0.25, 0.3) is 11.4 Å². The van der Waals surface area contributed by atoms with Crippen molar-refractivity contribution in [3.05, 3.63) is 42.7 Å². The van der Waals surface area contributed by atoms with Crippen molar-refractivity contribution < 1.29 is 0 Å². The number of aromatic nitrogens is 6. The van der Waals surface area contributed by atoms with Gasteiger partial charge >= 0.3 is 0 Å². The maximum absolute atomic E-state index is 4.41. The van der Waals surface area contributed by atoms with E-state index in [1.807, 2.05) is 37.6 Å². The summed E-state index contributed by atoms with van der Waals surface area (Å²) in [6.45, 7) is 0.838. The highest BCUT2D eigenvalue weighted by molar-refractivity contribution is 5.53. The van der Waals surface area contributed by atoms with Gasteiger partial charge in [0.2, 0.25) is 5.95 Å². The number of rotatable bonds is 5. The van der Waals surface area contributed by atoms with E-state index in [1.54, 1.807) is 18.6 Å². The Kier molecular flexibility index (Phi) is 3.63. The zero-order valence-electron chi connectivity index (χ0n) is 12.1. The van der Waals surface area contributed by atoms with Crippen molar-refractivity contribution >= 4 is 5.95 Å². The third kappa shape index (κ3) is 2.91. The predicted molar refractivity (Wildman–Crippen MR) is 79.9 cm³/mol. The third-order valence-corrected chi connectivity index (χ3v) is 3.21. The van der Waals surface area contributed by atoms with Crippen LogP contribution in [0.2, 0.25) is 0 Å². The number of H-pyrrole nitrogens is 1. The van der Waals surface area contributed by atoms with Crippen molar-refractivity contribution in [3.8, 4) is 11.4 Å². The van der Waals surface area contributed by atoms with Crippen molar-refractivity contribution in [2.45, 2.75) is 13.0 Å². The summed E-state index contributed by atoms with van der Waals surface area (Å²) in [6.07, 6.45) is 12.0. The van der Waals surface area contributed by atoms with Crippen molar-refractivity contribution in [2.75, 3.05) is 19.0 Å². The molecule has 1 N–H and O–H groups in total. The first-order chi connectivity index (χ1) is 10.2. The molecule has 0 aliphatic rings. The van der Waals surface area contributed by atoms with Crippen LogP contribution in [-0.4, -0.2) is 43.8 Å². The summed E-state index contributed by atoms with van der Waals surface area (Å²) in [5.41, 5.74) is 2.09. The van der Waals surface area contributed by atoms with Gasteiger partial charge in [0.05, 0.1) is 11.8 Å². The summed E-state index contributed by atoms with van der Waals surface area (Å²) >= 11 is 0. The molecule has 3 rings (SSSR count). The maximum Gasteiger partial charge on any atom is 0.224 e. The van der Waals surface area contributed by atoms with E-state index in [2.05, 4.69) is 29.7 Å². The standard InChI is InChI=1S/C14H17N7/c1-20(2)14-16-9-12(10-17-14)13-15-4-6-21(13)5-3-11-7-18-19-8-11/h4,6-10H,3,5H2,1-2H3,(H,18,19). The first-order valence-corrected chi connectivity index (χ1v) is 6.72. The Morgan fingerprint density at radius 3 is 2.62 bits per heavy atom. The monoisotopic (exact) mass is 283 g/mol. The van der Waals surface area contributed by atoms with Gasteiger partial charge in [0.1, 0.15) is 5.82 Å². The summed E-state index contributed by atoms with van der Waals surface area (Å²) in [6, 6.07) is 0. The Morgan fingerprint density at radius 1 is 1.14 bits per heavy atom. The minimum Gasteiger partial charge on any atom is -0.347 e. The Balaban J connectivity index is 1.78. The molecule has 0 aliphatic carbocycles. The number of anilines is 1. The Morgan fingerprint density at radius 2 is 1.95 bits per heavy atom. The van der Waals surface area contributed by atoms with E-state index >= 15 is 0 Å². The Labute approximate surface area is 122 Å². The van der Waals surface area contributed by atoms with Gasteiger partial charge in [-0.15, -0.1) is 0 Å². The van der Waals surface area contributed by atoms with Gasteiger partial charge in [0, 0.05) is 51.6 Å². The Bertz CT molecular complexity index is 682. The van der Waals surface area contributed by atoms with E-state index in [0.29, 0.717) is 5.95 Å². The molecule has 0 spiro atoms. The second-order valence-electron chi connectivity index (χ2n) is 4.97. The van der Waals surface area contributed by atoms with Crippen molar-refractivity contribution in [1.29, 1.82) is 0 Å². The van der Waals surface area contributed by atoms with Crippen molar-refractivity contribution in [1.82, 2.24) is 29.7 Å². The predicted octanol–water partition coefficient (Wildman–Crippen LogP) is 1.37. The van der Waals surface area contributed by atoms with E-state index in [9.17, 15) is 0 Å². The van der Waals surface area contributed by atoms with E-state index in [4.69, 9.17) is 0 Å². The topological polar surface area (TPSA) is 75.5 Å². The average molecular weight is 283 g/mol. The fourth-order valence-corrected chi connectivity index (χ4v) is 2.08. The molecule has 0 amide bonds. The minimum atomic E-state index is 0.690. The molecule has 0 aliphatic heterocycles. The number of hydrogen-bond donors (Lipinski definition) is 1. The van der Waals surface area contributed by atoms with E-state index in [0.717, 1.165) is 24.4 Å². The van der Waals surface area contributed by atoms with Crippen LogP contribution in [0.15, 0.2) is 37.2 Å². The second kappa shape index (κ2) is 5.74. The molecule has 0 unspecified atom stereocenters. The van der Waals surface area contributed by atoms with Crippen LogP contribution in [0, 0.1) is 0 Å². The average Bonchev–Trinajstić information content (AvgIpc) is 3.16. The summed E-state index contributed by atoms with van der Waals surface area (Å²) < 4.78 is 2.10. The van der Waals surface area contributed by atoms with Crippen LogP contribution in [0.1, 0.15) is 5.56 Å². The van der Waals surface area contributed by atoms with E-state index < -0.39 is 0 Å². The van der Waals surface area contributed by atoms with Crippen LogP contribution >= 0.6 is 0 Å². The van der Waals surface area contributed by atoms with Gasteiger partial charge in [-0.05, 0) is 12.0 Å². The van der Waals surface area contributed by atoms with Gasteiger partial charge in [-0.1, -0.05) is 0 Å². The highest BCUT2D eigenvalue weighted by atomic mass is 15.2. The maximum atomic E-state index is 4.41. The first kappa shape index (κ1) is 13.3. The zero-order chi connectivity index (χ0) is 14.7. The molecule has 0 saturated heterocycles. The summed E-state index contributed by atoms with van der Waals surface area (Å²) in [4.78, 5) is 14.9. The highest BCUT2D eigenvalue weighted by Gasteiger charge is 2.08. The van der Waals surface area contributed by atoms with Gasteiger partial charge in [-0.2, -0.15) is 5.10 Å². The lowest BCUT2D eigenvalue weighted by atomic mass is 10.2. The zero-order valence-corrected chi connectivity index (χ0v) is 12.1. The number of nitrogens with zero attached hydrogens (tertiary/aromatic N) is 6. The van der Waals surface area contributed by atoms with Crippen LogP contribution in [0.5, 0.6) is 0 Å². The minimum absolute atomic E-state index is 0.690. The highest BCUT2D eigenvalue weighted by Crippen LogP contribution is 2.17. The molecule has 7 nitrogen and oxygen atoms in total. The number of nitrogens with one attached hydrogen (secondary N) is 1. The molecule has 0 saturated carbocycles.